The van der Waals surface area contributed by atoms with Gasteiger partial charge in [0.2, 0.25) is 0 Å². The van der Waals surface area contributed by atoms with Crippen molar-refractivity contribution in [2.24, 2.45) is 0 Å². The van der Waals surface area contributed by atoms with Crippen LogP contribution in [-0.2, 0) is 11.2 Å². The Morgan fingerprint density at radius 1 is 1.47 bits per heavy atom. The Balaban J connectivity index is 1.77. The van der Waals surface area contributed by atoms with Gasteiger partial charge in [-0.25, -0.2) is 4.39 Å². The summed E-state index contributed by atoms with van der Waals surface area (Å²) in [6.07, 6.45) is 3.03. The highest BCUT2D eigenvalue weighted by Crippen LogP contribution is 2.19. The van der Waals surface area contributed by atoms with Crippen LogP contribution in [0, 0.1) is 5.82 Å². The van der Waals surface area contributed by atoms with E-state index in [1.165, 1.54) is 7.11 Å². The molecule has 0 amide bonds. The molecule has 0 bridgehead atoms. The predicted molar refractivity (Wildman–Crippen MR) is 73.1 cm³/mol. The van der Waals surface area contributed by atoms with E-state index in [0.29, 0.717) is 11.8 Å². The Morgan fingerprint density at radius 2 is 2.32 bits per heavy atom. The number of likely N-dealkylation sites (N-methyl/N-ethyl adjacent to an activating group) is 1. The van der Waals surface area contributed by atoms with E-state index in [1.54, 1.807) is 12.1 Å². The second kappa shape index (κ2) is 6.87. The molecule has 0 unspecified atom stereocenters. The molecular weight excluding hydrogens is 245 g/mol. The van der Waals surface area contributed by atoms with Crippen molar-refractivity contribution in [1.29, 1.82) is 0 Å². The summed E-state index contributed by atoms with van der Waals surface area (Å²) in [5, 5.41) is 0. The molecule has 1 aliphatic rings. The van der Waals surface area contributed by atoms with Gasteiger partial charge in [0.25, 0.3) is 0 Å². The summed E-state index contributed by atoms with van der Waals surface area (Å²) in [6, 6.07) is 5.74. The van der Waals surface area contributed by atoms with E-state index in [-0.39, 0.29) is 5.82 Å². The van der Waals surface area contributed by atoms with Crippen LogP contribution in [0.1, 0.15) is 18.4 Å². The third-order valence-electron chi connectivity index (χ3n) is 3.72. The first-order valence-corrected chi connectivity index (χ1v) is 6.81. The number of hydrogen-bond acceptors (Lipinski definition) is 3. The molecule has 0 radical (unpaired) electrons. The molecule has 1 fully saturated rings. The zero-order valence-electron chi connectivity index (χ0n) is 11.7. The molecule has 1 heterocycles. The lowest BCUT2D eigenvalue weighted by Crippen LogP contribution is -2.32. The Hall–Kier alpha value is -1.13. The van der Waals surface area contributed by atoms with Crippen LogP contribution in [0.2, 0.25) is 0 Å². The van der Waals surface area contributed by atoms with Crippen LogP contribution >= 0.6 is 0 Å². The molecule has 4 heteroatoms. The number of nitrogens with zero attached hydrogens (tertiary/aromatic N) is 1. The molecule has 2 rings (SSSR count). The molecule has 1 aromatic rings. The van der Waals surface area contributed by atoms with E-state index in [1.807, 2.05) is 6.07 Å². The Bertz CT molecular complexity index is 405. The average molecular weight is 267 g/mol. The predicted octanol–water partition coefficient (Wildman–Crippen LogP) is 2.49. The summed E-state index contributed by atoms with van der Waals surface area (Å²) in [5.74, 6) is 0.0292. The summed E-state index contributed by atoms with van der Waals surface area (Å²) in [4.78, 5) is 2.34. The smallest absolute Gasteiger partial charge is 0.165 e. The molecule has 0 aliphatic carbocycles. The fraction of sp³-hybridized carbons (Fsp3) is 0.600. The molecule has 1 saturated heterocycles. The minimum absolute atomic E-state index is 0.280. The maximum absolute atomic E-state index is 13.5. The number of hydrogen-bond donors (Lipinski definition) is 0. The number of methoxy groups -OCH3 is 1. The van der Waals surface area contributed by atoms with Crippen LogP contribution in [0.4, 0.5) is 4.39 Å². The molecule has 0 saturated carbocycles. The molecule has 0 aromatic heterocycles. The summed E-state index contributed by atoms with van der Waals surface area (Å²) in [5.41, 5.74) is 1.02. The number of benzene rings is 1. The Labute approximate surface area is 114 Å². The van der Waals surface area contributed by atoms with Gasteiger partial charge in [0.05, 0.1) is 13.7 Å². The largest absolute Gasteiger partial charge is 0.494 e. The van der Waals surface area contributed by atoms with Gasteiger partial charge in [-0.15, -0.1) is 0 Å². The van der Waals surface area contributed by atoms with Crippen LogP contribution in [0.25, 0.3) is 0 Å². The summed E-state index contributed by atoms with van der Waals surface area (Å²) in [6.45, 7) is 2.73. The standard InChI is InChI=1S/C15H22FNO2/c1-17(13-7-9-19-11-13)8-3-4-12-5-6-15(18-2)14(16)10-12/h5-6,10,13H,3-4,7-9,11H2,1-2H3/t13-/m0/s1. The first-order valence-electron chi connectivity index (χ1n) is 6.81. The Morgan fingerprint density at radius 3 is 2.95 bits per heavy atom. The molecule has 0 spiro atoms. The minimum atomic E-state index is -0.280. The van der Waals surface area contributed by atoms with E-state index < -0.39 is 0 Å². The zero-order chi connectivity index (χ0) is 13.7. The van der Waals surface area contributed by atoms with Gasteiger partial charge in [-0.3, -0.25) is 0 Å². The van der Waals surface area contributed by atoms with Crippen molar-refractivity contribution < 1.29 is 13.9 Å². The summed E-state index contributed by atoms with van der Waals surface area (Å²) in [7, 11) is 3.62. The van der Waals surface area contributed by atoms with Crippen molar-refractivity contribution in [1.82, 2.24) is 4.90 Å². The highest BCUT2D eigenvalue weighted by atomic mass is 19.1. The zero-order valence-corrected chi connectivity index (χ0v) is 11.7. The highest BCUT2D eigenvalue weighted by molar-refractivity contribution is 5.29. The first kappa shape index (κ1) is 14.3. The van der Waals surface area contributed by atoms with Crippen molar-refractivity contribution in [2.75, 3.05) is 33.9 Å². The van der Waals surface area contributed by atoms with Gasteiger partial charge in [-0.05, 0) is 50.6 Å². The molecule has 19 heavy (non-hydrogen) atoms. The lowest BCUT2D eigenvalue weighted by molar-refractivity contribution is 0.159. The van der Waals surface area contributed by atoms with Crippen LogP contribution in [-0.4, -0.2) is 44.9 Å². The topological polar surface area (TPSA) is 21.7 Å². The quantitative estimate of drug-likeness (QED) is 0.790. The Kier molecular flexibility index (Phi) is 5.16. The van der Waals surface area contributed by atoms with Gasteiger partial charge in [0.15, 0.2) is 11.6 Å². The summed E-state index contributed by atoms with van der Waals surface area (Å²) < 4.78 is 23.8. The van der Waals surface area contributed by atoms with E-state index in [0.717, 1.165) is 44.6 Å². The van der Waals surface area contributed by atoms with Gasteiger partial charge in [0.1, 0.15) is 0 Å². The molecule has 106 valence electrons. The molecular formula is C15H22FNO2. The monoisotopic (exact) mass is 267 g/mol. The van der Waals surface area contributed by atoms with Gasteiger partial charge in [-0.2, -0.15) is 0 Å². The van der Waals surface area contributed by atoms with E-state index >= 15 is 0 Å². The lowest BCUT2D eigenvalue weighted by atomic mass is 10.1. The highest BCUT2D eigenvalue weighted by Gasteiger charge is 2.19. The van der Waals surface area contributed by atoms with Gasteiger partial charge >= 0.3 is 0 Å². The molecule has 1 aromatic carbocycles. The third kappa shape index (κ3) is 3.91. The molecule has 1 aliphatic heterocycles. The van der Waals surface area contributed by atoms with Crippen molar-refractivity contribution in [3.05, 3.63) is 29.6 Å². The van der Waals surface area contributed by atoms with Gasteiger partial charge in [-0.1, -0.05) is 6.07 Å². The van der Waals surface area contributed by atoms with E-state index in [4.69, 9.17) is 9.47 Å². The fourth-order valence-electron chi connectivity index (χ4n) is 2.45. The number of halogens is 1. The lowest BCUT2D eigenvalue weighted by Gasteiger charge is -2.22. The number of ether oxygens (including phenoxy) is 2. The van der Waals surface area contributed by atoms with Gasteiger partial charge < -0.3 is 14.4 Å². The minimum Gasteiger partial charge on any atom is -0.494 e. The van der Waals surface area contributed by atoms with Crippen molar-refractivity contribution in [3.8, 4) is 5.75 Å². The van der Waals surface area contributed by atoms with Crippen LogP contribution in [0.5, 0.6) is 5.75 Å². The second-order valence-electron chi connectivity index (χ2n) is 5.07. The average Bonchev–Trinajstić information content (AvgIpc) is 2.93. The molecule has 3 nitrogen and oxygen atoms in total. The second-order valence-corrected chi connectivity index (χ2v) is 5.07. The maximum atomic E-state index is 13.5. The van der Waals surface area contributed by atoms with E-state index in [9.17, 15) is 4.39 Å². The van der Waals surface area contributed by atoms with Crippen LogP contribution in [0.15, 0.2) is 18.2 Å². The third-order valence-corrected chi connectivity index (χ3v) is 3.72. The van der Waals surface area contributed by atoms with Crippen molar-refractivity contribution in [2.45, 2.75) is 25.3 Å². The van der Waals surface area contributed by atoms with Crippen molar-refractivity contribution >= 4 is 0 Å². The normalized spacial score (nSPS) is 19.1. The van der Waals surface area contributed by atoms with Gasteiger partial charge in [0, 0.05) is 12.6 Å². The number of rotatable bonds is 6. The molecule has 0 N–H and O–H groups in total. The maximum Gasteiger partial charge on any atom is 0.165 e. The SMILES string of the molecule is COc1ccc(CCCN(C)[C@H]2CCOC2)cc1F. The first-order chi connectivity index (χ1) is 9.20. The van der Waals surface area contributed by atoms with Crippen molar-refractivity contribution in [3.63, 3.8) is 0 Å². The van der Waals surface area contributed by atoms with Crippen LogP contribution in [0.3, 0.4) is 0 Å². The van der Waals surface area contributed by atoms with E-state index in [2.05, 4.69) is 11.9 Å². The summed E-state index contributed by atoms with van der Waals surface area (Å²) >= 11 is 0. The number of aryl methyl sites for hydroxylation is 1. The fourth-order valence-corrected chi connectivity index (χ4v) is 2.45. The molecule has 1 atom stereocenters. The van der Waals surface area contributed by atoms with Crippen LogP contribution < -0.4 is 4.74 Å².